The molecule has 0 aliphatic heterocycles. The molecule has 0 aromatic heterocycles. The molecule has 0 N–H and O–H groups in total. The summed E-state index contributed by atoms with van der Waals surface area (Å²) in [7, 11) is -7.11. The molecule has 4 aromatic rings. The molecule has 4 aromatic carbocycles. The van der Waals surface area contributed by atoms with Crippen LogP contribution in [0.3, 0.4) is 0 Å². The Morgan fingerprint density at radius 2 is 0.963 bits per heavy atom. The summed E-state index contributed by atoms with van der Waals surface area (Å²) < 4.78 is 71.4. The van der Waals surface area contributed by atoms with Crippen LogP contribution in [0.25, 0.3) is 0 Å². The van der Waals surface area contributed by atoms with E-state index in [1.165, 1.54) is 38.9 Å². The van der Waals surface area contributed by atoms with Gasteiger partial charge in [-0.3, -0.25) is 0 Å². The second kappa shape index (κ2) is 13.2. The van der Waals surface area contributed by atoms with E-state index in [0.29, 0.717) is 24.8 Å². The number of fused-ring (bicyclic) bond motifs is 4. The van der Waals surface area contributed by atoms with E-state index in [4.69, 9.17) is 4.18 Å². The van der Waals surface area contributed by atoms with Gasteiger partial charge in [0.25, 0.3) is 0 Å². The lowest BCUT2D eigenvalue weighted by Gasteiger charge is -2.35. The fraction of sp³-hybridized carbons (Fsp3) is 0.478. The molecule has 54 heavy (non-hydrogen) atoms. The maximum atomic E-state index is 13.8. The zero-order chi connectivity index (χ0) is 40.0. The largest absolute Gasteiger partial charge is 0.534 e. The molecule has 1 spiro atoms. The summed E-state index contributed by atoms with van der Waals surface area (Å²) in [4.78, 5) is 0. The Morgan fingerprint density at radius 3 is 1.35 bits per heavy atom. The number of aryl methyl sites for hydroxylation is 2. The molecule has 2 aliphatic rings. The molecule has 0 amide bonds. The van der Waals surface area contributed by atoms with Crippen molar-refractivity contribution in [1.29, 1.82) is 0 Å². The highest BCUT2D eigenvalue weighted by Crippen LogP contribution is 2.57. The third-order valence-electron chi connectivity index (χ3n) is 11.4. The second-order valence-corrected chi connectivity index (χ2v) is 23.3. The lowest BCUT2D eigenvalue weighted by Crippen LogP contribution is -2.34. The smallest absolute Gasteiger partial charge is 0.376 e. The number of hydrogen-bond donors (Lipinski definition) is 0. The molecule has 0 radical (unpaired) electrons. The summed E-state index contributed by atoms with van der Waals surface area (Å²) >= 11 is 0. The van der Waals surface area contributed by atoms with Crippen molar-refractivity contribution in [2.75, 3.05) is 0 Å². The Hall–Kier alpha value is -3.15. The van der Waals surface area contributed by atoms with Crippen LogP contribution in [0.15, 0.2) is 72.8 Å². The summed E-state index contributed by atoms with van der Waals surface area (Å²) in [6.45, 7) is 27.0. The van der Waals surface area contributed by atoms with E-state index in [2.05, 4.69) is 138 Å². The zero-order valence-corrected chi connectivity index (χ0v) is 35.7. The van der Waals surface area contributed by atoms with Crippen molar-refractivity contribution < 1.29 is 25.8 Å². The SMILES string of the molecule is CC(C)(C)c1cc(P(c2cc(C(C)(C)C)cc(C(C)(C)C)c2)c2cccc3c2[C@]2(CCc4cccc(OS(=O)(=O)C(F)(F)F)c42)CC3)cc(C(C)(C)C)c1. The molecular formula is C46H56F3O3PS. The first kappa shape index (κ1) is 40.5. The van der Waals surface area contributed by atoms with Gasteiger partial charge in [0.1, 0.15) is 5.75 Å². The Morgan fingerprint density at radius 1 is 0.574 bits per heavy atom. The Bertz CT molecular complexity index is 2070. The number of alkyl halides is 3. The van der Waals surface area contributed by atoms with E-state index in [0.717, 1.165) is 28.4 Å². The lowest BCUT2D eigenvalue weighted by atomic mass is 9.76. The average Bonchev–Trinajstić information content (AvgIpc) is 3.61. The van der Waals surface area contributed by atoms with Crippen LogP contribution in [-0.2, 0) is 50.0 Å². The highest BCUT2D eigenvalue weighted by molar-refractivity contribution is 7.88. The van der Waals surface area contributed by atoms with Gasteiger partial charge in [0.05, 0.1) is 0 Å². The third kappa shape index (κ3) is 7.41. The van der Waals surface area contributed by atoms with Gasteiger partial charge >= 0.3 is 15.6 Å². The van der Waals surface area contributed by atoms with Crippen LogP contribution < -0.4 is 20.1 Å². The first-order valence-corrected chi connectivity index (χ1v) is 21.8. The summed E-state index contributed by atoms with van der Waals surface area (Å²) in [5.41, 5.74) is 1.96. The van der Waals surface area contributed by atoms with Crippen molar-refractivity contribution in [2.45, 2.75) is 141 Å². The Kier molecular flexibility index (Phi) is 9.92. The highest BCUT2D eigenvalue weighted by atomic mass is 32.2. The van der Waals surface area contributed by atoms with Crippen LogP contribution >= 0.6 is 7.92 Å². The topological polar surface area (TPSA) is 43.4 Å². The van der Waals surface area contributed by atoms with Crippen LogP contribution in [0, 0.1) is 0 Å². The Balaban J connectivity index is 1.71. The maximum Gasteiger partial charge on any atom is 0.534 e. The summed E-state index contributed by atoms with van der Waals surface area (Å²) in [5.74, 6) is -0.219. The van der Waals surface area contributed by atoms with Gasteiger partial charge in [-0.2, -0.15) is 21.6 Å². The van der Waals surface area contributed by atoms with Crippen LogP contribution in [0.1, 0.15) is 140 Å². The number of benzene rings is 4. The van der Waals surface area contributed by atoms with E-state index in [9.17, 15) is 21.6 Å². The van der Waals surface area contributed by atoms with Crippen molar-refractivity contribution in [3.05, 3.63) is 117 Å². The lowest BCUT2D eigenvalue weighted by molar-refractivity contribution is -0.0500. The van der Waals surface area contributed by atoms with E-state index in [1.807, 2.05) is 6.07 Å². The minimum atomic E-state index is -5.88. The van der Waals surface area contributed by atoms with Crippen molar-refractivity contribution in [3.8, 4) is 5.75 Å². The molecule has 0 saturated heterocycles. The minimum absolute atomic E-state index is 0.124. The van der Waals surface area contributed by atoms with Gasteiger partial charge in [0, 0.05) is 11.0 Å². The first-order valence-electron chi connectivity index (χ1n) is 19.0. The van der Waals surface area contributed by atoms with Crippen molar-refractivity contribution >= 4 is 34.0 Å². The molecule has 3 nitrogen and oxygen atoms in total. The predicted octanol–water partition coefficient (Wildman–Crippen LogP) is 11.0. The molecule has 8 heteroatoms. The van der Waals surface area contributed by atoms with Gasteiger partial charge in [-0.05, 0) is 116 Å². The molecule has 1 atom stereocenters. The van der Waals surface area contributed by atoms with Gasteiger partial charge in [-0.25, -0.2) is 0 Å². The molecule has 0 fully saturated rings. The standard InChI is InChI=1S/C46H56F3O3PS/c1-41(2,3)31-23-32(42(4,5)6)26-35(25-31)53(36-27-33(43(7,8)9)24-34(28-36)44(10,11)12)38-18-14-16-30-20-22-45(40(30)38)21-19-29-15-13-17-37(39(29)45)52-54(50,51)46(47,48)49/h13-18,23-28H,19-22H2,1-12H3/t45-/m1/s1. The van der Waals surface area contributed by atoms with Gasteiger partial charge in [0.15, 0.2) is 0 Å². The molecule has 2 aliphatic carbocycles. The monoisotopic (exact) mass is 776 g/mol. The zero-order valence-electron chi connectivity index (χ0n) is 34.0. The molecule has 0 saturated carbocycles. The summed E-state index contributed by atoms with van der Waals surface area (Å²) in [6.07, 6.45) is 2.67. The quantitative estimate of drug-likeness (QED) is 0.115. The van der Waals surface area contributed by atoms with Crippen molar-refractivity contribution in [1.82, 2.24) is 0 Å². The molecular weight excluding hydrogens is 721 g/mol. The van der Waals surface area contributed by atoms with Crippen molar-refractivity contribution in [2.24, 2.45) is 0 Å². The van der Waals surface area contributed by atoms with Gasteiger partial charge in [0.2, 0.25) is 0 Å². The maximum absolute atomic E-state index is 13.8. The average molecular weight is 777 g/mol. The van der Waals surface area contributed by atoms with E-state index in [-0.39, 0.29) is 27.4 Å². The summed E-state index contributed by atoms with van der Waals surface area (Å²) in [6, 6.07) is 25.6. The molecule has 0 bridgehead atoms. The van der Waals surface area contributed by atoms with E-state index in [1.54, 1.807) is 6.07 Å². The van der Waals surface area contributed by atoms with Gasteiger partial charge in [-0.15, -0.1) is 0 Å². The Labute approximate surface area is 323 Å². The van der Waals surface area contributed by atoms with Gasteiger partial charge in [-0.1, -0.05) is 150 Å². The highest BCUT2D eigenvalue weighted by Gasteiger charge is 2.52. The number of hydrogen-bond acceptors (Lipinski definition) is 3. The van der Waals surface area contributed by atoms with E-state index < -0.39 is 29.0 Å². The fourth-order valence-electron chi connectivity index (χ4n) is 8.18. The van der Waals surface area contributed by atoms with Gasteiger partial charge < -0.3 is 4.18 Å². The second-order valence-electron chi connectivity index (χ2n) is 19.5. The normalized spacial score (nSPS) is 18.0. The van der Waals surface area contributed by atoms with Crippen LogP contribution in [0.2, 0.25) is 0 Å². The van der Waals surface area contributed by atoms with Crippen LogP contribution in [-0.4, -0.2) is 13.9 Å². The number of halogens is 3. The minimum Gasteiger partial charge on any atom is -0.376 e. The first-order chi connectivity index (χ1) is 24.6. The predicted molar refractivity (Wildman–Crippen MR) is 219 cm³/mol. The molecule has 6 rings (SSSR count). The van der Waals surface area contributed by atoms with E-state index >= 15 is 0 Å². The third-order valence-corrected chi connectivity index (χ3v) is 14.8. The number of rotatable bonds is 5. The fourth-order valence-corrected chi connectivity index (χ4v) is 11.4. The van der Waals surface area contributed by atoms with Crippen LogP contribution in [0.5, 0.6) is 5.75 Å². The van der Waals surface area contributed by atoms with Crippen LogP contribution in [0.4, 0.5) is 13.2 Å². The summed E-state index contributed by atoms with van der Waals surface area (Å²) in [5, 5.41) is 3.62. The molecule has 290 valence electrons. The molecule has 0 unspecified atom stereocenters. The van der Waals surface area contributed by atoms with Crippen molar-refractivity contribution in [3.63, 3.8) is 0 Å². The molecule has 0 heterocycles.